The molecule has 0 saturated heterocycles. The van der Waals surface area contributed by atoms with Crippen LogP contribution in [0.4, 0.5) is 5.69 Å². The van der Waals surface area contributed by atoms with Crippen molar-refractivity contribution >= 4 is 17.8 Å². The Hall–Kier alpha value is -2.24. The fraction of sp³-hybridized carbons (Fsp3) is 0.333. The molecule has 0 radical (unpaired) electrons. The highest BCUT2D eigenvalue weighted by Gasteiger charge is 2.24. The summed E-state index contributed by atoms with van der Waals surface area (Å²) in [5.74, 6) is -0.0657. The number of carbonyl (C=O) groups is 1. The van der Waals surface area contributed by atoms with E-state index in [1.807, 2.05) is 0 Å². The lowest BCUT2D eigenvalue weighted by molar-refractivity contribution is -0.385. The van der Waals surface area contributed by atoms with Crippen LogP contribution in [0.5, 0.6) is 0 Å². The molecule has 2 rings (SSSR count). The van der Waals surface area contributed by atoms with E-state index in [1.165, 1.54) is 12.3 Å². The van der Waals surface area contributed by atoms with Gasteiger partial charge >= 0.3 is 0 Å². The smallest absolute Gasteiger partial charge is 0.273 e. The maximum atomic E-state index is 11.5. The molecule has 1 fully saturated rings. The van der Waals surface area contributed by atoms with Crippen molar-refractivity contribution < 1.29 is 9.72 Å². The molecule has 1 aromatic rings. The third kappa shape index (κ3) is 2.71. The molecule has 6 nitrogen and oxygen atoms in total. The zero-order chi connectivity index (χ0) is 13.0. The molecule has 18 heavy (non-hydrogen) atoms. The first-order valence-corrected chi connectivity index (χ1v) is 5.75. The topological polar surface area (TPSA) is 84.6 Å². The molecule has 1 aliphatic rings. The second-order valence-electron chi connectivity index (χ2n) is 4.18. The first-order valence-electron chi connectivity index (χ1n) is 5.75. The number of rotatable bonds is 4. The fourth-order valence-corrected chi connectivity index (χ4v) is 1.69. The standard InChI is InChI=1S/C12H13N3O3/c16-12(9-5-3-6-9)14-13-8-10-4-1-2-7-11(10)15(17)18/h1-2,4,7-9H,3,5-6H2,(H,14,16)/b13-8+. The van der Waals surface area contributed by atoms with Crippen LogP contribution < -0.4 is 5.43 Å². The molecule has 0 bridgehead atoms. The highest BCUT2D eigenvalue weighted by atomic mass is 16.6. The monoisotopic (exact) mass is 247 g/mol. The van der Waals surface area contributed by atoms with Gasteiger partial charge in [-0.1, -0.05) is 18.6 Å². The van der Waals surface area contributed by atoms with E-state index < -0.39 is 4.92 Å². The van der Waals surface area contributed by atoms with Gasteiger partial charge in [0.1, 0.15) is 0 Å². The maximum Gasteiger partial charge on any atom is 0.278 e. The Balaban J connectivity index is 2.00. The summed E-state index contributed by atoms with van der Waals surface area (Å²) in [6.45, 7) is 0. The van der Waals surface area contributed by atoms with Gasteiger partial charge in [-0.15, -0.1) is 0 Å². The number of amides is 1. The van der Waals surface area contributed by atoms with Gasteiger partial charge < -0.3 is 0 Å². The molecule has 0 atom stereocenters. The maximum absolute atomic E-state index is 11.5. The van der Waals surface area contributed by atoms with Crippen molar-refractivity contribution in [1.29, 1.82) is 0 Å². The predicted octanol–water partition coefficient (Wildman–Crippen LogP) is 1.84. The molecule has 1 aliphatic carbocycles. The van der Waals surface area contributed by atoms with Crippen molar-refractivity contribution in [1.82, 2.24) is 5.43 Å². The summed E-state index contributed by atoms with van der Waals surface area (Å²) in [6, 6.07) is 6.25. The Bertz CT molecular complexity index is 495. The summed E-state index contributed by atoms with van der Waals surface area (Å²) in [6.07, 6.45) is 4.17. The van der Waals surface area contributed by atoms with E-state index in [0.29, 0.717) is 5.56 Å². The Kier molecular flexibility index (Phi) is 3.66. The highest BCUT2D eigenvalue weighted by Crippen LogP contribution is 2.26. The van der Waals surface area contributed by atoms with Crippen LogP contribution in [0.2, 0.25) is 0 Å². The molecule has 0 aliphatic heterocycles. The van der Waals surface area contributed by atoms with E-state index in [0.717, 1.165) is 19.3 Å². The number of nitro groups is 1. The Labute approximate surface area is 104 Å². The van der Waals surface area contributed by atoms with E-state index in [1.54, 1.807) is 18.2 Å². The minimum atomic E-state index is -0.477. The van der Waals surface area contributed by atoms with Gasteiger partial charge in [0.05, 0.1) is 16.7 Å². The summed E-state index contributed by atoms with van der Waals surface area (Å²) in [5.41, 5.74) is 2.75. The van der Waals surface area contributed by atoms with Crippen molar-refractivity contribution in [3.8, 4) is 0 Å². The summed E-state index contributed by atoms with van der Waals surface area (Å²) in [4.78, 5) is 21.7. The lowest BCUT2D eigenvalue weighted by Gasteiger charge is -2.22. The summed E-state index contributed by atoms with van der Waals surface area (Å²) < 4.78 is 0. The number of hydrazone groups is 1. The molecule has 1 aromatic carbocycles. The number of hydrogen-bond acceptors (Lipinski definition) is 4. The van der Waals surface area contributed by atoms with E-state index in [4.69, 9.17) is 0 Å². The van der Waals surface area contributed by atoms with E-state index in [9.17, 15) is 14.9 Å². The first-order chi connectivity index (χ1) is 8.68. The molecule has 1 N–H and O–H groups in total. The summed E-state index contributed by atoms with van der Waals surface area (Å²) in [5, 5.41) is 14.5. The quantitative estimate of drug-likeness (QED) is 0.500. The van der Waals surface area contributed by atoms with Gasteiger partial charge in [-0.3, -0.25) is 14.9 Å². The normalized spacial score (nSPS) is 15.3. The van der Waals surface area contributed by atoms with Crippen molar-refractivity contribution in [3.63, 3.8) is 0 Å². The number of nitrogens with zero attached hydrogens (tertiary/aromatic N) is 2. The Morgan fingerprint density at radius 2 is 2.17 bits per heavy atom. The molecule has 94 valence electrons. The third-order valence-corrected chi connectivity index (χ3v) is 2.99. The number of nitrogens with one attached hydrogen (secondary N) is 1. The van der Waals surface area contributed by atoms with Gasteiger partial charge in [0.25, 0.3) is 5.69 Å². The second kappa shape index (κ2) is 5.39. The van der Waals surface area contributed by atoms with Crippen LogP contribution in [0, 0.1) is 16.0 Å². The number of para-hydroxylation sites is 1. The first kappa shape index (κ1) is 12.2. The van der Waals surface area contributed by atoms with E-state index >= 15 is 0 Å². The number of nitro benzene ring substituents is 1. The van der Waals surface area contributed by atoms with Gasteiger partial charge in [-0.2, -0.15) is 5.10 Å². The minimum absolute atomic E-state index is 0.0286. The van der Waals surface area contributed by atoms with E-state index in [2.05, 4.69) is 10.5 Å². The zero-order valence-electron chi connectivity index (χ0n) is 9.70. The third-order valence-electron chi connectivity index (χ3n) is 2.99. The molecular formula is C12H13N3O3. The molecule has 0 heterocycles. The number of benzene rings is 1. The summed E-state index contributed by atoms with van der Waals surface area (Å²) in [7, 11) is 0. The molecule has 1 amide bonds. The highest BCUT2D eigenvalue weighted by molar-refractivity contribution is 5.87. The van der Waals surface area contributed by atoms with E-state index in [-0.39, 0.29) is 17.5 Å². The lowest BCUT2D eigenvalue weighted by atomic mass is 9.85. The van der Waals surface area contributed by atoms with Crippen LogP contribution in [-0.4, -0.2) is 17.0 Å². The minimum Gasteiger partial charge on any atom is -0.273 e. The van der Waals surface area contributed by atoms with Gasteiger partial charge in [-0.25, -0.2) is 5.43 Å². The van der Waals surface area contributed by atoms with Gasteiger partial charge in [0.2, 0.25) is 5.91 Å². The molecule has 0 spiro atoms. The van der Waals surface area contributed by atoms with Crippen LogP contribution in [-0.2, 0) is 4.79 Å². The van der Waals surface area contributed by atoms with Crippen LogP contribution in [0.3, 0.4) is 0 Å². The van der Waals surface area contributed by atoms with Crippen LogP contribution in [0.1, 0.15) is 24.8 Å². The molecule has 0 aromatic heterocycles. The average Bonchev–Trinajstić information content (AvgIpc) is 2.27. The SMILES string of the molecule is O=C(N/N=C/c1ccccc1[N+](=O)[O-])C1CCC1. The van der Waals surface area contributed by atoms with Gasteiger partial charge in [0, 0.05) is 12.0 Å². The predicted molar refractivity (Wildman–Crippen MR) is 66.2 cm³/mol. The Morgan fingerprint density at radius 1 is 1.44 bits per heavy atom. The Morgan fingerprint density at radius 3 is 2.78 bits per heavy atom. The zero-order valence-corrected chi connectivity index (χ0v) is 9.70. The molecule has 1 saturated carbocycles. The summed E-state index contributed by atoms with van der Waals surface area (Å²) >= 11 is 0. The van der Waals surface area contributed by atoms with Crippen molar-refractivity contribution in [2.75, 3.05) is 0 Å². The van der Waals surface area contributed by atoms with Crippen molar-refractivity contribution in [2.24, 2.45) is 11.0 Å². The average molecular weight is 247 g/mol. The largest absolute Gasteiger partial charge is 0.278 e. The van der Waals surface area contributed by atoms with Crippen molar-refractivity contribution in [2.45, 2.75) is 19.3 Å². The molecular weight excluding hydrogens is 234 g/mol. The fourth-order valence-electron chi connectivity index (χ4n) is 1.69. The van der Waals surface area contributed by atoms with Gasteiger partial charge in [-0.05, 0) is 18.9 Å². The molecule has 0 unspecified atom stereocenters. The van der Waals surface area contributed by atoms with Gasteiger partial charge in [0.15, 0.2) is 0 Å². The van der Waals surface area contributed by atoms with Crippen LogP contribution in [0.15, 0.2) is 29.4 Å². The van der Waals surface area contributed by atoms with Crippen molar-refractivity contribution in [3.05, 3.63) is 39.9 Å². The number of hydrogen-bond donors (Lipinski definition) is 1. The van der Waals surface area contributed by atoms with Crippen LogP contribution in [0.25, 0.3) is 0 Å². The molecule has 6 heteroatoms. The lowest BCUT2D eigenvalue weighted by Crippen LogP contribution is -2.31. The number of carbonyl (C=O) groups excluding carboxylic acids is 1. The van der Waals surface area contributed by atoms with Crippen LogP contribution >= 0.6 is 0 Å². The second-order valence-corrected chi connectivity index (χ2v) is 4.18.